The molecule has 24 heavy (non-hydrogen) atoms. The van der Waals surface area contributed by atoms with E-state index in [-0.39, 0.29) is 6.09 Å². The van der Waals surface area contributed by atoms with Gasteiger partial charge in [-0.15, -0.1) is 0 Å². The summed E-state index contributed by atoms with van der Waals surface area (Å²) in [6.45, 7) is 6.19. The Kier molecular flexibility index (Phi) is 4.22. The number of carbonyl (C=O) groups is 1. The molecule has 0 aromatic heterocycles. The molecule has 0 saturated heterocycles. The molecule has 0 spiro atoms. The van der Waals surface area contributed by atoms with E-state index in [2.05, 4.69) is 4.99 Å². The Hall–Kier alpha value is -2.13. The molecule has 1 aliphatic carbocycles. The average Bonchev–Trinajstić information content (AvgIpc) is 3.12. The summed E-state index contributed by atoms with van der Waals surface area (Å²) in [4.78, 5) is 29.6. The van der Waals surface area contributed by atoms with Gasteiger partial charge in [-0.1, -0.05) is 31.0 Å². The van der Waals surface area contributed by atoms with Crippen molar-refractivity contribution in [2.45, 2.75) is 64.0 Å². The minimum Gasteiger partial charge on any atom is -0.443 e. The fourth-order valence-electron chi connectivity index (χ4n) is 3.82. The molecule has 0 unspecified atom stereocenters. The number of ether oxygens (including phenoxy) is 1. The summed E-state index contributed by atoms with van der Waals surface area (Å²) < 4.78 is 5.57. The van der Waals surface area contributed by atoms with Crippen LogP contribution in [0.5, 0.6) is 0 Å². The van der Waals surface area contributed by atoms with Gasteiger partial charge in [-0.25, -0.2) is 9.59 Å². The number of para-hydroxylation sites is 1. The van der Waals surface area contributed by atoms with Crippen molar-refractivity contribution in [2.24, 2.45) is 4.99 Å². The van der Waals surface area contributed by atoms with Crippen LogP contribution in [0.1, 0.15) is 57.6 Å². The Morgan fingerprint density at radius 2 is 2.00 bits per heavy atom. The SMILES string of the molecule is CC(C)(C)OC(=O)N1CCc2cccc(C3(N=C=O)CCCC3)c21. The minimum atomic E-state index is -0.544. The van der Waals surface area contributed by atoms with Gasteiger partial charge in [0.15, 0.2) is 0 Å². The van der Waals surface area contributed by atoms with Gasteiger partial charge in [0.25, 0.3) is 0 Å². The van der Waals surface area contributed by atoms with Crippen molar-refractivity contribution in [2.75, 3.05) is 11.4 Å². The van der Waals surface area contributed by atoms with Gasteiger partial charge in [0.05, 0.1) is 5.69 Å². The second-order valence-electron chi connectivity index (χ2n) is 7.64. The predicted molar refractivity (Wildman–Crippen MR) is 92.0 cm³/mol. The van der Waals surface area contributed by atoms with Gasteiger partial charge in [0.2, 0.25) is 6.08 Å². The van der Waals surface area contributed by atoms with Gasteiger partial charge >= 0.3 is 6.09 Å². The maximum absolute atomic E-state index is 12.6. The lowest BCUT2D eigenvalue weighted by Gasteiger charge is -2.30. The zero-order valence-corrected chi connectivity index (χ0v) is 14.6. The largest absolute Gasteiger partial charge is 0.443 e. The van der Waals surface area contributed by atoms with Gasteiger partial charge in [-0.05, 0) is 45.6 Å². The molecule has 3 rings (SSSR count). The van der Waals surface area contributed by atoms with E-state index in [9.17, 15) is 9.59 Å². The number of amides is 1. The van der Waals surface area contributed by atoms with Crippen molar-refractivity contribution < 1.29 is 14.3 Å². The summed E-state index contributed by atoms with van der Waals surface area (Å²) in [6.07, 6.45) is 5.92. The zero-order chi connectivity index (χ0) is 17.4. The lowest BCUT2D eigenvalue weighted by molar-refractivity contribution is 0.0583. The van der Waals surface area contributed by atoms with Gasteiger partial charge in [-0.2, -0.15) is 4.99 Å². The molecule has 0 atom stereocenters. The molecular weight excluding hydrogens is 304 g/mol. The standard InChI is InChI=1S/C19H24N2O3/c1-18(2,3)24-17(23)21-12-9-14-7-6-8-15(16(14)21)19(20-13-22)10-4-5-11-19/h6-8H,4-5,9-12H2,1-3H3. The van der Waals surface area contributed by atoms with Crippen LogP contribution in [0.3, 0.4) is 0 Å². The van der Waals surface area contributed by atoms with E-state index in [4.69, 9.17) is 4.74 Å². The van der Waals surface area contributed by atoms with Gasteiger partial charge < -0.3 is 4.74 Å². The van der Waals surface area contributed by atoms with Crippen molar-refractivity contribution in [1.29, 1.82) is 0 Å². The second-order valence-corrected chi connectivity index (χ2v) is 7.64. The number of hydrogen-bond acceptors (Lipinski definition) is 4. The first-order chi connectivity index (χ1) is 11.4. The van der Waals surface area contributed by atoms with E-state index in [0.717, 1.165) is 48.9 Å². The van der Waals surface area contributed by atoms with Crippen molar-refractivity contribution in [3.63, 3.8) is 0 Å². The summed E-state index contributed by atoms with van der Waals surface area (Å²) in [5.74, 6) is 0. The molecular formula is C19H24N2O3. The Labute approximate surface area is 142 Å². The fourth-order valence-corrected chi connectivity index (χ4v) is 3.82. The molecule has 5 heteroatoms. The van der Waals surface area contributed by atoms with E-state index < -0.39 is 11.1 Å². The molecule has 0 radical (unpaired) electrons. The molecule has 128 valence electrons. The van der Waals surface area contributed by atoms with Crippen LogP contribution in [0.4, 0.5) is 10.5 Å². The normalized spacial score (nSPS) is 18.9. The Morgan fingerprint density at radius 1 is 1.29 bits per heavy atom. The van der Waals surface area contributed by atoms with E-state index in [0.29, 0.717) is 6.54 Å². The van der Waals surface area contributed by atoms with Crippen molar-refractivity contribution in [1.82, 2.24) is 0 Å². The van der Waals surface area contributed by atoms with Crippen LogP contribution in [0.25, 0.3) is 0 Å². The highest BCUT2D eigenvalue weighted by Crippen LogP contribution is 2.48. The summed E-state index contributed by atoms with van der Waals surface area (Å²) >= 11 is 0. The Morgan fingerprint density at radius 3 is 2.62 bits per heavy atom. The topological polar surface area (TPSA) is 59.0 Å². The van der Waals surface area contributed by atoms with Crippen molar-refractivity contribution >= 4 is 17.9 Å². The van der Waals surface area contributed by atoms with E-state index >= 15 is 0 Å². The number of hydrogen-bond donors (Lipinski definition) is 0. The molecule has 5 nitrogen and oxygen atoms in total. The third-order valence-electron chi connectivity index (χ3n) is 4.80. The second kappa shape index (κ2) is 6.06. The molecule has 0 N–H and O–H groups in total. The fraction of sp³-hybridized carbons (Fsp3) is 0.579. The first-order valence-corrected chi connectivity index (χ1v) is 8.58. The lowest BCUT2D eigenvalue weighted by atomic mass is 9.86. The summed E-state index contributed by atoms with van der Waals surface area (Å²) in [5, 5.41) is 0. The number of isocyanates is 1. The zero-order valence-electron chi connectivity index (χ0n) is 14.6. The monoisotopic (exact) mass is 328 g/mol. The van der Waals surface area contributed by atoms with Gasteiger partial charge in [-0.3, -0.25) is 4.90 Å². The van der Waals surface area contributed by atoms with E-state index in [1.165, 1.54) is 0 Å². The highest BCUT2D eigenvalue weighted by molar-refractivity contribution is 5.92. The van der Waals surface area contributed by atoms with Crippen LogP contribution >= 0.6 is 0 Å². The maximum atomic E-state index is 12.6. The number of rotatable bonds is 2. The molecule has 1 heterocycles. The molecule has 1 saturated carbocycles. The van der Waals surface area contributed by atoms with Crippen LogP contribution in [-0.4, -0.2) is 24.3 Å². The molecule has 1 aromatic carbocycles. The lowest BCUT2D eigenvalue weighted by Crippen LogP contribution is -2.37. The number of nitrogens with zero attached hydrogens (tertiary/aromatic N) is 2. The Bertz CT molecular complexity index is 693. The molecule has 1 aliphatic heterocycles. The third-order valence-corrected chi connectivity index (χ3v) is 4.80. The van der Waals surface area contributed by atoms with E-state index in [1.807, 2.05) is 39.0 Å². The predicted octanol–water partition coefficient (Wildman–Crippen LogP) is 4.09. The minimum absolute atomic E-state index is 0.336. The molecule has 1 amide bonds. The Balaban J connectivity index is 2.04. The quantitative estimate of drug-likeness (QED) is 0.607. The van der Waals surface area contributed by atoms with Crippen molar-refractivity contribution in [3.8, 4) is 0 Å². The molecule has 0 bridgehead atoms. The number of benzene rings is 1. The van der Waals surface area contributed by atoms with Crippen LogP contribution in [0.2, 0.25) is 0 Å². The third kappa shape index (κ3) is 2.96. The number of carbonyl (C=O) groups excluding carboxylic acids is 2. The first kappa shape index (κ1) is 16.7. The van der Waals surface area contributed by atoms with Crippen LogP contribution in [-0.2, 0) is 21.5 Å². The van der Waals surface area contributed by atoms with Gasteiger partial charge in [0, 0.05) is 12.1 Å². The molecule has 2 aliphatic rings. The van der Waals surface area contributed by atoms with Crippen LogP contribution < -0.4 is 4.90 Å². The number of anilines is 1. The highest BCUT2D eigenvalue weighted by Gasteiger charge is 2.41. The average molecular weight is 328 g/mol. The molecule has 1 fully saturated rings. The summed E-state index contributed by atoms with van der Waals surface area (Å²) in [7, 11) is 0. The van der Waals surface area contributed by atoms with Crippen molar-refractivity contribution in [3.05, 3.63) is 29.3 Å². The van der Waals surface area contributed by atoms with Gasteiger partial charge in [0.1, 0.15) is 11.1 Å². The molecule has 1 aromatic rings. The summed E-state index contributed by atoms with van der Waals surface area (Å²) in [5.41, 5.74) is 1.88. The van der Waals surface area contributed by atoms with Crippen LogP contribution in [0.15, 0.2) is 23.2 Å². The highest BCUT2D eigenvalue weighted by atomic mass is 16.6. The number of aliphatic imine (C=N–C) groups is 1. The smallest absolute Gasteiger partial charge is 0.414 e. The van der Waals surface area contributed by atoms with E-state index in [1.54, 1.807) is 11.0 Å². The first-order valence-electron chi connectivity index (χ1n) is 8.58. The number of fused-ring (bicyclic) bond motifs is 1. The summed E-state index contributed by atoms with van der Waals surface area (Å²) in [6, 6.07) is 6.03. The van der Waals surface area contributed by atoms with Crippen LogP contribution in [0, 0.1) is 0 Å². The maximum Gasteiger partial charge on any atom is 0.414 e.